The van der Waals surface area contributed by atoms with Crippen LogP contribution in [0.1, 0.15) is 0 Å². The Balaban J connectivity index is 2.13. The maximum absolute atomic E-state index is 6.01. The van der Waals surface area contributed by atoms with E-state index in [0.29, 0.717) is 11.6 Å². The number of nitrogens with zero attached hydrogens (tertiary/aromatic N) is 3. The van der Waals surface area contributed by atoms with Crippen molar-refractivity contribution in [2.75, 3.05) is 14.2 Å². The molecule has 0 radical (unpaired) electrons. The predicted octanol–water partition coefficient (Wildman–Crippen LogP) is 3.60. The van der Waals surface area contributed by atoms with Crippen LogP contribution in [0, 0.1) is 0 Å². The highest BCUT2D eigenvalue weighted by atomic mass is 35.5. The normalized spacial score (nSPS) is 10.5. The van der Waals surface area contributed by atoms with E-state index in [2.05, 4.69) is 10.1 Å². The highest BCUT2D eigenvalue weighted by Crippen LogP contribution is 2.30. The maximum atomic E-state index is 6.01. The molecule has 22 heavy (non-hydrogen) atoms. The number of ether oxygens (including phenoxy) is 2. The van der Waals surface area contributed by atoms with Gasteiger partial charge in [-0.3, -0.25) is 0 Å². The summed E-state index contributed by atoms with van der Waals surface area (Å²) in [5.41, 5.74) is 1.65. The van der Waals surface area contributed by atoms with Crippen LogP contribution in [0.5, 0.6) is 11.5 Å². The van der Waals surface area contributed by atoms with E-state index in [0.717, 1.165) is 17.0 Å². The molecule has 0 fully saturated rings. The molecule has 0 amide bonds. The summed E-state index contributed by atoms with van der Waals surface area (Å²) < 4.78 is 12.2. The van der Waals surface area contributed by atoms with Crippen LogP contribution in [-0.4, -0.2) is 29.0 Å². The van der Waals surface area contributed by atoms with Crippen molar-refractivity contribution in [3.63, 3.8) is 0 Å². The van der Waals surface area contributed by atoms with Crippen LogP contribution in [0.4, 0.5) is 0 Å². The Morgan fingerprint density at radius 1 is 0.955 bits per heavy atom. The molecule has 0 aliphatic rings. The van der Waals surface area contributed by atoms with Crippen molar-refractivity contribution >= 4 is 11.6 Å². The highest BCUT2D eigenvalue weighted by molar-refractivity contribution is 6.28. The number of methoxy groups -OCH3 is 2. The Morgan fingerprint density at radius 2 is 1.68 bits per heavy atom. The molecular weight excluding hydrogens is 302 g/mol. The first-order chi connectivity index (χ1) is 10.7. The summed E-state index contributed by atoms with van der Waals surface area (Å²) in [4.78, 5) is 4.31. The number of para-hydroxylation sites is 1. The molecule has 0 bridgehead atoms. The first-order valence-corrected chi connectivity index (χ1v) is 7.01. The zero-order valence-corrected chi connectivity index (χ0v) is 12.9. The first kappa shape index (κ1) is 14.4. The Bertz CT molecular complexity index is 784. The number of halogens is 1. The van der Waals surface area contributed by atoms with Gasteiger partial charge in [0.1, 0.15) is 11.5 Å². The van der Waals surface area contributed by atoms with Crippen molar-refractivity contribution in [1.29, 1.82) is 0 Å². The molecular formula is C16H14ClN3O2. The van der Waals surface area contributed by atoms with Crippen molar-refractivity contribution in [3.05, 3.63) is 53.8 Å². The number of aromatic nitrogens is 3. The van der Waals surface area contributed by atoms with E-state index >= 15 is 0 Å². The molecule has 112 valence electrons. The Morgan fingerprint density at radius 3 is 2.36 bits per heavy atom. The highest BCUT2D eigenvalue weighted by Gasteiger charge is 2.16. The number of rotatable bonds is 4. The van der Waals surface area contributed by atoms with Crippen molar-refractivity contribution in [1.82, 2.24) is 14.8 Å². The third-order valence-corrected chi connectivity index (χ3v) is 3.41. The van der Waals surface area contributed by atoms with Gasteiger partial charge < -0.3 is 9.47 Å². The Labute approximate surface area is 133 Å². The molecule has 0 N–H and O–H groups in total. The van der Waals surface area contributed by atoms with Crippen molar-refractivity contribution in [2.24, 2.45) is 0 Å². The largest absolute Gasteiger partial charge is 0.497 e. The molecule has 0 aliphatic heterocycles. The van der Waals surface area contributed by atoms with Crippen LogP contribution in [0.2, 0.25) is 5.28 Å². The van der Waals surface area contributed by atoms with Crippen molar-refractivity contribution in [2.45, 2.75) is 0 Å². The lowest BCUT2D eigenvalue weighted by Crippen LogP contribution is -2.00. The van der Waals surface area contributed by atoms with Gasteiger partial charge >= 0.3 is 0 Å². The Hall–Kier alpha value is -2.53. The average molecular weight is 316 g/mol. The molecule has 5 nitrogen and oxygen atoms in total. The van der Waals surface area contributed by atoms with Gasteiger partial charge in [-0.25, -0.2) is 4.68 Å². The lowest BCUT2D eigenvalue weighted by Gasteiger charge is -2.10. The summed E-state index contributed by atoms with van der Waals surface area (Å²) in [6.45, 7) is 0. The molecule has 3 rings (SSSR count). The molecule has 0 aliphatic carbocycles. The molecule has 0 atom stereocenters. The molecule has 6 heteroatoms. The van der Waals surface area contributed by atoms with Gasteiger partial charge in [0.2, 0.25) is 5.28 Å². The minimum atomic E-state index is 0.178. The van der Waals surface area contributed by atoms with Crippen molar-refractivity contribution in [3.8, 4) is 28.6 Å². The van der Waals surface area contributed by atoms with Gasteiger partial charge in [0.15, 0.2) is 5.82 Å². The fourth-order valence-electron chi connectivity index (χ4n) is 2.19. The first-order valence-electron chi connectivity index (χ1n) is 6.63. The van der Waals surface area contributed by atoms with Crippen LogP contribution < -0.4 is 9.47 Å². The minimum Gasteiger partial charge on any atom is -0.497 e. The summed E-state index contributed by atoms with van der Waals surface area (Å²) in [7, 11) is 3.25. The molecule has 0 unspecified atom stereocenters. The lowest BCUT2D eigenvalue weighted by atomic mass is 10.2. The summed E-state index contributed by atoms with van der Waals surface area (Å²) >= 11 is 6.01. The van der Waals surface area contributed by atoms with Crippen LogP contribution >= 0.6 is 11.6 Å². The summed E-state index contributed by atoms with van der Waals surface area (Å²) in [5.74, 6) is 2.10. The van der Waals surface area contributed by atoms with E-state index in [4.69, 9.17) is 21.1 Å². The van der Waals surface area contributed by atoms with Gasteiger partial charge in [0.25, 0.3) is 0 Å². The van der Waals surface area contributed by atoms with E-state index in [9.17, 15) is 0 Å². The zero-order chi connectivity index (χ0) is 15.5. The lowest BCUT2D eigenvalue weighted by molar-refractivity contribution is 0.414. The van der Waals surface area contributed by atoms with Crippen LogP contribution in [0.15, 0.2) is 48.5 Å². The van der Waals surface area contributed by atoms with E-state index in [1.807, 2.05) is 48.5 Å². The smallest absolute Gasteiger partial charge is 0.243 e. The van der Waals surface area contributed by atoms with Gasteiger partial charge in [-0.2, -0.15) is 4.98 Å². The third-order valence-electron chi connectivity index (χ3n) is 3.25. The molecule has 0 saturated heterocycles. The Kier molecular flexibility index (Phi) is 3.98. The van der Waals surface area contributed by atoms with E-state index in [-0.39, 0.29) is 5.28 Å². The molecule has 1 aromatic heterocycles. The summed E-state index contributed by atoms with van der Waals surface area (Å²) in [6.07, 6.45) is 0. The monoisotopic (exact) mass is 315 g/mol. The average Bonchev–Trinajstić information content (AvgIpc) is 2.96. The SMILES string of the molecule is COc1ccc(-n2nc(Cl)nc2-c2ccccc2OC)cc1. The van der Waals surface area contributed by atoms with Gasteiger partial charge in [0, 0.05) is 0 Å². The van der Waals surface area contributed by atoms with E-state index < -0.39 is 0 Å². The molecule has 0 saturated carbocycles. The van der Waals surface area contributed by atoms with Crippen molar-refractivity contribution < 1.29 is 9.47 Å². The second kappa shape index (κ2) is 6.07. The quantitative estimate of drug-likeness (QED) is 0.738. The van der Waals surface area contributed by atoms with E-state index in [1.54, 1.807) is 18.9 Å². The molecule has 1 heterocycles. The maximum Gasteiger partial charge on any atom is 0.243 e. The standard InChI is InChI=1S/C16H14ClN3O2/c1-21-12-9-7-11(8-10-12)20-15(18-16(17)19-20)13-5-3-4-6-14(13)22-2/h3-10H,1-2H3. The fourth-order valence-corrected chi connectivity index (χ4v) is 2.35. The molecule has 0 spiro atoms. The minimum absolute atomic E-state index is 0.178. The number of benzene rings is 2. The zero-order valence-electron chi connectivity index (χ0n) is 12.2. The van der Waals surface area contributed by atoms with Crippen LogP contribution in [0.25, 0.3) is 17.1 Å². The van der Waals surface area contributed by atoms with Gasteiger partial charge in [-0.05, 0) is 48.0 Å². The third kappa shape index (κ3) is 2.63. The molecule has 3 aromatic rings. The van der Waals surface area contributed by atoms with Gasteiger partial charge in [0.05, 0.1) is 25.5 Å². The second-order valence-corrected chi connectivity index (χ2v) is 4.85. The van der Waals surface area contributed by atoms with Gasteiger partial charge in [-0.15, -0.1) is 5.10 Å². The van der Waals surface area contributed by atoms with Crippen LogP contribution in [-0.2, 0) is 0 Å². The fraction of sp³-hybridized carbons (Fsp3) is 0.125. The summed E-state index contributed by atoms with van der Waals surface area (Å²) in [6, 6.07) is 15.1. The van der Waals surface area contributed by atoms with Crippen LogP contribution in [0.3, 0.4) is 0 Å². The number of hydrogen-bond donors (Lipinski definition) is 0. The topological polar surface area (TPSA) is 49.2 Å². The predicted molar refractivity (Wildman–Crippen MR) is 84.9 cm³/mol. The van der Waals surface area contributed by atoms with E-state index in [1.165, 1.54) is 0 Å². The van der Waals surface area contributed by atoms with Gasteiger partial charge in [-0.1, -0.05) is 12.1 Å². The summed E-state index contributed by atoms with van der Waals surface area (Å²) in [5, 5.41) is 4.44. The molecule has 2 aromatic carbocycles. The second-order valence-electron chi connectivity index (χ2n) is 4.51. The number of hydrogen-bond acceptors (Lipinski definition) is 4.